The highest BCUT2D eigenvalue weighted by Gasteiger charge is 2.54. The van der Waals surface area contributed by atoms with Gasteiger partial charge in [0.05, 0.1) is 0 Å². The molecule has 0 aliphatic carbocycles. The summed E-state index contributed by atoms with van der Waals surface area (Å²) in [6.45, 7) is 6.60. The van der Waals surface area contributed by atoms with E-state index in [0.29, 0.717) is 18.1 Å². The standard InChI is InChI=1S/C14H15F5/c1-5-8(2)12-9(3)10(6-7-11(12)15)14(18,19)13(4,16)17/h6-7H,2,5H2,1,3-4H3. The highest BCUT2D eigenvalue weighted by atomic mass is 19.3. The maximum atomic E-state index is 13.7. The van der Waals surface area contributed by atoms with Gasteiger partial charge < -0.3 is 0 Å². The van der Waals surface area contributed by atoms with Gasteiger partial charge in [-0.1, -0.05) is 13.5 Å². The normalized spacial score (nSPS) is 12.6. The highest BCUT2D eigenvalue weighted by Crippen LogP contribution is 2.45. The number of hydrogen-bond acceptors (Lipinski definition) is 0. The number of rotatable bonds is 4. The van der Waals surface area contributed by atoms with Gasteiger partial charge in [0.15, 0.2) is 0 Å². The van der Waals surface area contributed by atoms with Crippen LogP contribution in [0.15, 0.2) is 18.7 Å². The Morgan fingerprint density at radius 2 is 1.74 bits per heavy atom. The average molecular weight is 278 g/mol. The Labute approximate surface area is 108 Å². The first-order chi connectivity index (χ1) is 8.54. The van der Waals surface area contributed by atoms with Gasteiger partial charge in [0.1, 0.15) is 5.82 Å². The summed E-state index contributed by atoms with van der Waals surface area (Å²) in [5, 5.41) is 0. The molecule has 0 radical (unpaired) electrons. The zero-order valence-electron chi connectivity index (χ0n) is 11.0. The third-order valence-corrected chi connectivity index (χ3v) is 3.08. The van der Waals surface area contributed by atoms with Crippen LogP contribution in [0.5, 0.6) is 0 Å². The van der Waals surface area contributed by atoms with Crippen molar-refractivity contribution in [3.8, 4) is 0 Å². The number of hydrogen-bond donors (Lipinski definition) is 0. The maximum Gasteiger partial charge on any atom is 0.335 e. The van der Waals surface area contributed by atoms with Crippen LogP contribution < -0.4 is 0 Å². The molecular weight excluding hydrogens is 263 g/mol. The fourth-order valence-corrected chi connectivity index (χ4v) is 1.87. The third kappa shape index (κ3) is 2.65. The second-order valence-electron chi connectivity index (χ2n) is 4.51. The Bertz CT molecular complexity index is 497. The Kier molecular flexibility index (Phi) is 4.08. The Hall–Kier alpha value is -1.39. The van der Waals surface area contributed by atoms with Crippen LogP contribution in [-0.4, -0.2) is 5.92 Å². The predicted molar refractivity (Wildman–Crippen MR) is 65.0 cm³/mol. The number of halogens is 5. The lowest BCUT2D eigenvalue weighted by atomic mass is 9.90. The van der Waals surface area contributed by atoms with Crippen molar-refractivity contribution in [3.63, 3.8) is 0 Å². The molecule has 0 aromatic heterocycles. The monoisotopic (exact) mass is 278 g/mol. The summed E-state index contributed by atoms with van der Waals surface area (Å²) in [7, 11) is 0. The maximum absolute atomic E-state index is 13.7. The molecule has 0 heterocycles. The van der Waals surface area contributed by atoms with E-state index in [2.05, 4.69) is 6.58 Å². The van der Waals surface area contributed by atoms with Crippen molar-refractivity contribution < 1.29 is 22.0 Å². The second kappa shape index (κ2) is 4.94. The molecule has 1 aromatic rings. The van der Waals surface area contributed by atoms with Crippen LogP contribution in [0.3, 0.4) is 0 Å². The van der Waals surface area contributed by atoms with Gasteiger partial charge in [-0.15, -0.1) is 0 Å². The Morgan fingerprint density at radius 1 is 1.21 bits per heavy atom. The van der Waals surface area contributed by atoms with Crippen molar-refractivity contribution in [1.29, 1.82) is 0 Å². The predicted octanol–water partition coefficient (Wildman–Crippen LogP) is 5.30. The molecule has 0 saturated carbocycles. The summed E-state index contributed by atoms with van der Waals surface area (Å²) in [5.74, 6) is -9.31. The van der Waals surface area contributed by atoms with Crippen LogP contribution >= 0.6 is 0 Å². The molecular formula is C14H15F5. The fourth-order valence-electron chi connectivity index (χ4n) is 1.87. The largest absolute Gasteiger partial charge is 0.335 e. The summed E-state index contributed by atoms with van der Waals surface area (Å²) in [5.41, 5.74) is -0.875. The average Bonchev–Trinajstić information content (AvgIpc) is 2.26. The van der Waals surface area contributed by atoms with Gasteiger partial charge in [-0.25, -0.2) is 4.39 Å². The van der Waals surface area contributed by atoms with Crippen LogP contribution in [0, 0.1) is 12.7 Å². The quantitative estimate of drug-likeness (QED) is 0.655. The minimum Gasteiger partial charge on any atom is -0.206 e. The summed E-state index contributed by atoms with van der Waals surface area (Å²) in [6.07, 6.45) is 0.343. The minimum atomic E-state index is -4.35. The van der Waals surface area contributed by atoms with Gasteiger partial charge >= 0.3 is 11.8 Å². The number of allylic oxidation sites excluding steroid dienone is 1. The first kappa shape index (κ1) is 15.7. The molecule has 1 rings (SSSR count). The van der Waals surface area contributed by atoms with Crippen molar-refractivity contribution >= 4 is 5.57 Å². The van der Waals surface area contributed by atoms with E-state index < -0.39 is 23.2 Å². The lowest BCUT2D eigenvalue weighted by molar-refractivity contribution is -0.205. The molecule has 1 aromatic carbocycles. The van der Waals surface area contributed by atoms with Gasteiger partial charge in [0.25, 0.3) is 0 Å². The summed E-state index contributed by atoms with van der Waals surface area (Å²) < 4.78 is 67.1. The molecule has 0 N–H and O–H groups in total. The zero-order chi connectivity index (χ0) is 15.0. The second-order valence-corrected chi connectivity index (χ2v) is 4.51. The van der Waals surface area contributed by atoms with Crippen LogP contribution in [0.4, 0.5) is 22.0 Å². The molecule has 0 bridgehead atoms. The van der Waals surface area contributed by atoms with E-state index in [1.54, 1.807) is 6.92 Å². The van der Waals surface area contributed by atoms with E-state index in [0.717, 1.165) is 6.07 Å². The Morgan fingerprint density at radius 3 is 2.16 bits per heavy atom. The molecule has 0 unspecified atom stereocenters. The van der Waals surface area contributed by atoms with Crippen molar-refractivity contribution in [1.82, 2.24) is 0 Å². The zero-order valence-corrected chi connectivity index (χ0v) is 11.0. The van der Waals surface area contributed by atoms with Crippen molar-refractivity contribution in [3.05, 3.63) is 41.2 Å². The first-order valence-corrected chi connectivity index (χ1v) is 5.77. The number of alkyl halides is 4. The third-order valence-electron chi connectivity index (χ3n) is 3.08. The van der Waals surface area contributed by atoms with Gasteiger partial charge in [-0.05, 0) is 36.6 Å². The van der Waals surface area contributed by atoms with E-state index in [1.807, 2.05) is 0 Å². The first-order valence-electron chi connectivity index (χ1n) is 5.77. The van der Waals surface area contributed by atoms with E-state index in [9.17, 15) is 22.0 Å². The molecule has 19 heavy (non-hydrogen) atoms. The minimum absolute atomic E-state index is 0.107. The lowest BCUT2D eigenvalue weighted by Crippen LogP contribution is -2.35. The molecule has 106 valence electrons. The van der Waals surface area contributed by atoms with Crippen LogP contribution in [0.2, 0.25) is 0 Å². The summed E-state index contributed by atoms with van der Waals surface area (Å²) in [6, 6.07) is 1.48. The van der Waals surface area contributed by atoms with Crippen LogP contribution in [-0.2, 0) is 5.92 Å². The van der Waals surface area contributed by atoms with Gasteiger partial charge in [-0.2, -0.15) is 17.6 Å². The molecule has 0 fully saturated rings. The van der Waals surface area contributed by atoms with Gasteiger partial charge in [0, 0.05) is 18.1 Å². The number of benzene rings is 1. The molecule has 0 aliphatic rings. The lowest BCUT2D eigenvalue weighted by Gasteiger charge is -2.26. The van der Waals surface area contributed by atoms with Gasteiger partial charge in [-0.3, -0.25) is 0 Å². The van der Waals surface area contributed by atoms with Crippen LogP contribution in [0.25, 0.3) is 5.57 Å². The topological polar surface area (TPSA) is 0 Å². The molecule has 0 saturated heterocycles. The van der Waals surface area contributed by atoms with E-state index in [-0.39, 0.29) is 18.1 Å². The van der Waals surface area contributed by atoms with Crippen molar-refractivity contribution in [2.75, 3.05) is 0 Å². The highest BCUT2D eigenvalue weighted by molar-refractivity contribution is 5.68. The van der Waals surface area contributed by atoms with Crippen molar-refractivity contribution in [2.45, 2.75) is 39.0 Å². The smallest absolute Gasteiger partial charge is 0.206 e. The summed E-state index contributed by atoms with van der Waals surface area (Å²) >= 11 is 0. The fraction of sp³-hybridized carbons (Fsp3) is 0.429. The molecule has 0 aliphatic heterocycles. The molecule has 5 heteroatoms. The Balaban J connectivity index is 3.53. The van der Waals surface area contributed by atoms with E-state index in [1.165, 1.54) is 6.92 Å². The summed E-state index contributed by atoms with van der Waals surface area (Å²) in [4.78, 5) is 0. The van der Waals surface area contributed by atoms with Crippen LogP contribution in [0.1, 0.15) is 37.0 Å². The van der Waals surface area contributed by atoms with E-state index in [4.69, 9.17) is 0 Å². The molecule has 0 amide bonds. The molecule has 0 nitrogen and oxygen atoms in total. The molecule has 0 atom stereocenters. The molecule has 0 spiro atoms. The SMILES string of the molecule is C=C(CC)c1c(F)ccc(C(F)(F)C(C)(F)F)c1C. The van der Waals surface area contributed by atoms with Crippen molar-refractivity contribution in [2.24, 2.45) is 0 Å². The van der Waals surface area contributed by atoms with Gasteiger partial charge in [0.2, 0.25) is 0 Å². The van der Waals surface area contributed by atoms with E-state index >= 15 is 0 Å².